The Kier molecular flexibility index (Phi) is 3.93. The smallest absolute Gasteiger partial charge is 0.0552 e. The quantitative estimate of drug-likeness (QED) is 0.583. The van der Waals surface area contributed by atoms with E-state index in [2.05, 4.69) is 4.99 Å². The van der Waals surface area contributed by atoms with Crippen molar-refractivity contribution in [2.45, 2.75) is 33.7 Å². The van der Waals surface area contributed by atoms with E-state index in [1.165, 1.54) is 6.21 Å². The van der Waals surface area contributed by atoms with Crippen molar-refractivity contribution in [1.82, 2.24) is 0 Å². The van der Waals surface area contributed by atoms with Gasteiger partial charge in [0.2, 0.25) is 0 Å². The predicted molar refractivity (Wildman–Crippen MR) is 46.2 cm³/mol. The number of hydrogen-bond acceptors (Lipinski definition) is 2. The van der Waals surface area contributed by atoms with E-state index in [4.69, 9.17) is 5.41 Å². The van der Waals surface area contributed by atoms with Crippen LogP contribution in [0.15, 0.2) is 4.99 Å². The number of aliphatic imine (C=N–C) groups is 1. The summed E-state index contributed by atoms with van der Waals surface area (Å²) in [5.74, 6) is 0.375. The first-order chi connectivity index (χ1) is 4.57. The third kappa shape index (κ3) is 3.38. The molecule has 0 unspecified atom stereocenters. The van der Waals surface area contributed by atoms with E-state index < -0.39 is 0 Å². The van der Waals surface area contributed by atoms with Gasteiger partial charge in [0.15, 0.2) is 0 Å². The van der Waals surface area contributed by atoms with Gasteiger partial charge in [0.05, 0.1) is 5.71 Å². The second kappa shape index (κ2) is 4.20. The molecule has 0 aliphatic rings. The molecule has 0 aliphatic carbocycles. The third-order valence-corrected chi connectivity index (χ3v) is 1.15. The van der Waals surface area contributed by atoms with Crippen LogP contribution in [0, 0.1) is 11.3 Å². The van der Waals surface area contributed by atoms with Crippen molar-refractivity contribution in [1.29, 1.82) is 5.41 Å². The molecule has 0 bridgehead atoms. The molecular weight excluding hydrogens is 124 g/mol. The van der Waals surface area contributed by atoms with Crippen LogP contribution in [-0.4, -0.2) is 18.0 Å². The van der Waals surface area contributed by atoms with Gasteiger partial charge in [-0.05, 0) is 19.8 Å². The largest absolute Gasteiger partial charge is 0.307 e. The Morgan fingerprint density at radius 3 is 1.90 bits per heavy atom. The van der Waals surface area contributed by atoms with Crippen molar-refractivity contribution in [2.75, 3.05) is 0 Å². The molecule has 0 rings (SSSR count). The topological polar surface area (TPSA) is 36.2 Å². The highest BCUT2D eigenvalue weighted by molar-refractivity contribution is 6.30. The highest BCUT2D eigenvalue weighted by Crippen LogP contribution is 1.97. The standard InChI is InChI=1S/C8H16N2/c1-6(2)8(5-9)10-7(3)4/h5-7,9H,1-4H3. The third-order valence-electron chi connectivity index (χ3n) is 1.15. The van der Waals surface area contributed by atoms with Crippen LogP contribution in [0.4, 0.5) is 0 Å². The van der Waals surface area contributed by atoms with Crippen LogP contribution < -0.4 is 0 Å². The molecular formula is C8H16N2. The number of rotatable bonds is 3. The Bertz CT molecular complexity index is 134. The summed E-state index contributed by atoms with van der Waals surface area (Å²) in [6.07, 6.45) is 1.34. The highest BCUT2D eigenvalue weighted by Gasteiger charge is 2.00. The summed E-state index contributed by atoms with van der Waals surface area (Å²) in [6.45, 7) is 8.14. The molecule has 0 aromatic heterocycles. The van der Waals surface area contributed by atoms with Crippen LogP contribution in [0.3, 0.4) is 0 Å². The first-order valence-corrected chi connectivity index (χ1v) is 3.66. The minimum atomic E-state index is 0.305. The lowest BCUT2D eigenvalue weighted by molar-refractivity contribution is 0.805. The van der Waals surface area contributed by atoms with Crippen LogP contribution in [0.5, 0.6) is 0 Å². The molecule has 0 saturated carbocycles. The second-order valence-electron chi connectivity index (χ2n) is 2.95. The molecule has 0 heterocycles. The molecule has 2 heteroatoms. The predicted octanol–water partition coefficient (Wildman–Crippen LogP) is 2.14. The molecule has 0 saturated heterocycles. The van der Waals surface area contributed by atoms with Crippen LogP contribution in [0.1, 0.15) is 27.7 Å². The van der Waals surface area contributed by atoms with Crippen LogP contribution in [0.2, 0.25) is 0 Å². The average molecular weight is 140 g/mol. The molecule has 0 spiro atoms. The maximum atomic E-state index is 7.03. The average Bonchev–Trinajstić information content (AvgIpc) is 1.81. The van der Waals surface area contributed by atoms with Gasteiger partial charge in [0.1, 0.15) is 0 Å². The second-order valence-corrected chi connectivity index (χ2v) is 2.95. The van der Waals surface area contributed by atoms with Gasteiger partial charge in [-0.1, -0.05) is 13.8 Å². The minimum absolute atomic E-state index is 0.305. The normalized spacial score (nSPS) is 12.8. The summed E-state index contributed by atoms with van der Waals surface area (Å²) in [5.41, 5.74) is 0.884. The van der Waals surface area contributed by atoms with Gasteiger partial charge in [0, 0.05) is 12.3 Å². The summed E-state index contributed by atoms with van der Waals surface area (Å²) in [5, 5.41) is 7.03. The fourth-order valence-electron chi connectivity index (χ4n) is 0.651. The Morgan fingerprint density at radius 1 is 1.30 bits per heavy atom. The fraction of sp³-hybridized carbons (Fsp3) is 0.750. The summed E-state index contributed by atoms with van der Waals surface area (Å²) in [6, 6.07) is 0.305. The molecule has 0 fully saturated rings. The Hall–Kier alpha value is -0.660. The van der Waals surface area contributed by atoms with E-state index in [1.54, 1.807) is 0 Å². The molecule has 0 radical (unpaired) electrons. The molecule has 0 atom stereocenters. The van der Waals surface area contributed by atoms with Gasteiger partial charge < -0.3 is 5.41 Å². The van der Waals surface area contributed by atoms with Crippen molar-refractivity contribution in [3.8, 4) is 0 Å². The van der Waals surface area contributed by atoms with Gasteiger partial charge in [-0.3, -0.25) is 4.99 Å². The Labute approximate surface area is 62.9 Å². The van der Waals surface area contributed by atoms with Gasteiger partial charge >= 0.3 is 0 Å². The molecule has 0 aromatic carbocycles. The minimum Gasteiger partial charge on any atom is -0.307 e. The zero-order chi connectivity index (χ0) is 8.15. The fourth-order valence-corrected chi connectivity index (χ4v) is 0.651. The highest BCUT2D eigenvalue weighted by atomic mass is 14.8. The Morgan fingerprint density at radius 2 is 1.80 bits per heavy atom. The van der Waals surface area contributed by atoms with Crippen molar-refractivity contribution in [2.24, 2.45) is 10.9 Å². The van der Waals surface area contributed by atoms with Crippen molar-refractivity contribution in [3.63, 3.8) is 0 Å². The molecule has 0 aromatic rings. The van der Waals surface area contributed by atoms with Gasteiger partial charge in [-0.2, -0.15) is 0 Å². The maximum absolute atomic E-state index is 7.03. The lowest BCUT2D eigenvalue weighted by Crippen LogP contribution is -2.11. The zero-order valence-electron chi connectivity index (χ0n) is 7.18. The first-order valence-electron chi connectivity index (χ1n) is 3.66. The SMILES string of the molecule is CC(C)N=C(C=N)C(C)C. The molecule has 0 amide bonds. The molecule has 2 nitrogen and oxygen atoms in total. The molecule has 0 aliphatic heterocycles. The van der Waals surface area contributed by atoms with Crippen LogP contribution >= 0.6 is 0 Å². The molecule has 1 N–H and O–H groups in total. The number of nitrogens with one attached hydrogen (secondary N) is 1. The number of hydrogen-bond donors (Lipinski definition) is 1. The monoisotopic (exact) mass is 140 g/mol. The van der Waals surface area contributed by atoms with Crippen molar-refractivity contribution < 1.29 is 0 Å². The molecule has 58 valence electrons. The molecule has 10 heavy (non-hydrogen) atoms. The van der Waals surface area contributed by atoms with E-state index in [-0.39, 0.29) is 0 Å². The van der Waals surface area contributed by atoms with E-state index in [0.717, 1.165) is 5.71 Å². The first kappa shape index (κ1) is 9.34. The lowest BCUT2D eigenvalue weighted by Gasteiger charge is -2.05. The van der Waals surface area contributed by atoms with E-state index >= 15 is 0 Å². The lowest BCUT2D eigenvalue weighted by atomic mass is 10.1. The van der Waals surface area contributed by atoms with Crippen molar-refractivity contribution >= 4 is 11.9 Å². The van der Waals surface area contributed by atoms with Gasteiger partial charge in [0.25, 0.3) is 0 Å². The summed E-state index contributed by atoms with van der Waals surface area (Å²) >= 11 is 0. The van der Waals surface area contributed by atoms with E-state index in [0.29, 0.717) is 12.0 Å². The van der Waals surface area contributed by atoms with Crippen LogP contribution in [-0.2, 0) is 0 Å². The maximum Gasteiger partial charge on any atom is 0.0552 e. The Balaban J connectivity index is 4.18. The zero-order valence-corrected chi connectivity index (χ0v) is 7.18. The van der Waals surface area contributed by atoms with E-state index in [1.807, 2.05) is 27.7 Å². The van der Waals surface area contributed by atoms with Gasteiger partial charge in [-0.25, -0.2) is 0 Å². The summed E-state index contributed by atoms with van der Waals surface area (Å²) in [7, 11) is 0. The summed E-state index contributed by atoms with van der Waals surface area (Å²) < 4.78 is 0. The number of nitrogens with zero attached hydrogens (tertiary/aromatic N) is 1. The van der Waals surface area contributed by atoms with Crippen molar-refractivity contribution in [3.05, 3.63) is 0 Å². The van der Waals surface area contributed by atoms with E-state index in [9.17, 15) is 0 Å². The van der Waals surface area contributed by atoms with Crippen LogP contribution in [0.25, 0.3) is 0 Å². The van der Waals surface area contributed by atoms with Gasteiger partial charge in [-0.15, -0.1) is 0 Å². The summed E-state index contributed by atoms with van der Waals surface area (Å²) in [4.78, 5) is 4.27.